The third kappa shape index (κ3) is 6.02. The fourth-order valence-electron chi connectivity index (χ4n) is 1.62. The van der Waals surface area contributed by atoms with Crippen molar-refractivity contribution in [2.75, 3.05) is 20.1 Å². The van der Waals surface area contributed by atoms with Crippen LogP contribution in [0.3, 0.4) is 0 Å². The SMILES string of the molecule is CC(NCCN(C)C(=O)OC(C)(C)C)c1ccccn1. The molecule has 0 saturated heterocycles. The fraction of sp³-hybridized carbons (Fsp3) is 0.600. The van der Waals surface area contributed by atoms with Crippen molar-refractivity contribution < 1.29 is 9.53 Å². The maximum absolute atomic E-state index is 11.8. The van der Waals surface area contributed by atoms with Gasteiger partial charge in [-0.05, 0) is 39.8 Å². The Balaban J connectivity index is 2.32. The summed E-state index contributed by atoms with van der Waals surface area (Å²) in [5.74, 6) is 0. The summed E-state index contributed by atoms with van der Waals surface area (Å²) in [6.07, 6.45) is 1.48. The van der Waals surface area contributed by atoms with E-state index in [1.54, 1.807) is 18.1 Å². The zero-order chi connectivity index (χ0) is 15.2. The number of hydrogen-bond acceptors (Lipinski definition) is 4. The van der Waals surface area contributed by atoms with Crippen LogP contribution in [0.2, 0.25) is 0 Å². The Hall–Kier alpha value is -1.62. The molecule has 1 heterocycles. The van der Waals surface area contributed by atoms with Crippen molar-refractivity contribution in [3.63, 3.8) is 0 Å². The molecule has 112 valence electrons. The largest absolute Gasteiger partial charge is 0.444 e. The highest BCUT2D eigenvalue weighted by Gasteiger charge is 2.19. The van der Waals surface area contributed by atoms with Crippen molar-refractivity contribution in [2.45, 2.75) is 39.3 Å². The van der Waals surface area contributed by atoms with Gasteiger partial charge in [-0.1, -0.05) is 6.07 Å². The van der Waals surface area contributed by atoms with Gasteiger partial charge in [0.1, 0.15) is 5.60 Å². The molecular formula is C15H25N3O2. The minimum absolute atomic E-state index is 0.156. The van der Waals surface area contributed by atoms with Gasteiger partial charge in [0.05, 0.1) is 5.69 Å². The number of rotatable bonds is 5. The van der Waals surface area contributed by atoms with Crippen LogP contribution >= 0.6 is 0 Å². The molecule has 1 unspecified atom stereocenters. The highest BCUT2D eigenvalue weighted by atomic mass is 16.6. The van der Waals surface area contributed by atoms with Crippen LogP contribution in [0.4, 0.5) is 4.79 Å². The van der Waals surface area contributed by atoms with Gasteiger partial charge < -0.3 is 15.0 Å². The summed E-state index contributed by atoms with van der Waals surface area (Å²) in [4.78, 5) is 17.6. The molecule has 0 aliphatic rings. The molecule has 5 heteroatoms. The molecule has 0 radical (unpaired) electrons. The molecule has 0 aromatic carbocycles. The molecule has 0 fully saturated rings. The zero-order valence-corrected chi connectivity index (χ0v) is 13.0. The number of amides is 1. The summed E-state index contributed by atoms with van der Waals surface area (Å²) in [5, 5.41) is 3.34. The van der Waals surface area contributed by atoms with Gasteiger partial charge in [0.2, 0.25) is 0 Å². The van der Waals surface area contributed by atoms with E-state index in [0.717, 1.165) is 5.69 Å². The zero-order valence-electron chi connectivity index (χ0n) is 13.0. The van der Waals surface area contributed by atoms with Crippen LogP contribution in [0.1, 0.15) is 39.4 Å². The Kier molecular flexibility index (Phi) is 5.95. The molecule has 20 heavy (non-hydrogen) atoms. The lowest BCUT2D eigenvalue weighted by Crippen LogP contribution is -2.38. The van der Waals surface area contributed by atoms with Gasteiger partial charge in [-0.15, -0.1) is 0 Å². The van der Waals surface area contributed by atoms with Crippen molar-refractivity contribution in [1.29, 1.82) is 0 Å². The maximum Gasteiger partial charge on any atom is 0.410 e. The number of hydrogen-bond donors (Lipinski definition) is 1. The molecule has 0 saturated carbocycles. The predicted molar refractivity (Wildman–Crippen MR) is 79.5 cm³/mol. The number of nitrogens with zero attached hydrogens (tertiary/aromatic N) is 2. The van der Waals surface area contributed by atoms with Gasteiger partial charge in [-0.2, -0.15) is 0 Å². The lowest BCUT2D eigenvalue weighted by atomic mass is 10.2. The number of carbonyl (C=O) groups excluding carboxylic acids is 1. The Labute approximate surface area is 121 Å². The molecule has 1 N–H and O–H groups in total. The molecule has 1 rings (SSSR count). The van der Waals surface area contributed by atoms with Gasteiger partial charge in [0, 0.05) is 32.4 Å². The first-order valence-corrected chi connectivity index (χ1v) is 6.88. The van der Waals surface area contributed by atoms with E-state index in [0.29, 0.717) is 13.1 Å². The second kappa shape index (κ2) is 7.24. The van der Waals surface area contributed by atoms with Crippen LogP contribution in [0, 0.1) is 0 Å². The summed E-state index contributed by atoms with van der Waals surface area (Å²) in [7, 11) is 1.74. The first-order chi connectivity index (χ1) is 9.29. The van der Waals surface area contributed by atoms with Gasteiger partial charge in [-0.3, -0.25) is 4.98 Å². The summed E-state index contributed by atoms with van der Waals surface area (Å²) < 4.78 is 5.29. The molecule has 1 atom stereocenters. The van der Waals surface area contributed by atoms with Crippen LogP contribution < -0.4 is 5.32 Å². The standard InChI is InChI=1S/C15H25N3O2/c1-12(13-8-6-7-9-17-13)16-10-11-18(5)14(19)20-15(2,3)4/h6-9,12,16H,10-11H2,1-5H3. The van der Waals surface area contributed by atoms with E-state index in [9.17, 15) is 4.79 Å². The van der Waals surface area contributed by atoms with Gasteiger partial charge in [0.25, 0.3) is 0 Å². The third-order valence-electron chi connectivity index (χ3n) is 2.73. The van der Waals surface area contributed by atoms with Gasteiger partial charge in [-0.25, -0.2) is 4.79 Å². The topological polar surface area (TPSA) is 54.5 Å². The molecule has 0 aliphatic heterocycles. The first kappa shape index (κ1) is 16.4. The first-order valence-electron chi connectivity index (χ1n) is 6.88. The molecule has 0 spiro atoms. The summed E-state index contributed by atoms with van der Waals surface area (Å²) >= 11 is 0. The monoisotopic (exact) mass is 279 g/mol. The van der Waals surface area contributed by atoms with Crippen molar-refractivity contribution in [2.24, 2.45) is 0 Å². The number of pyridine rings is 1. The fourth-order valence-corrected chi connectivity index (χ4v) is 1.62. The molecule has 1 aromatic rings. The number of carbonyl (C=O) groups is 1. The minimum Gasteiger partial charge on any atom is -0.444 e. The van der Waals surface area contributed by atoms with Crippen molar-refractivity contribution in [3.8, 4) is 0 Å². The number of nitrogens with one attached hydrogen (secondary N) is 1. The highest BCUT2D eigenvalue weighted by molar-refractivity contribution is 5.67. The average Bonchev–Trinajstić information content (AvgIpc) is 2.37. The van der Waals surface area contributed by atoms with E-state index in [1.165, 1.54) is 0 Å². The van der Waals surface area contributed by atoms with E-state index in [2.05, 4.69) is 17.2 Å². The number of ether oxygens (including phenoxy) is 1. The number of aromatic nitrogens is 1. The maximum atomic E-state index is 11.8. The van der Waals surface area contributed by atoms with Gasteiger partial charge >= 0.3 is 6.09 Å². The lowest BCUT2D eigenvalue weighted by Gasteiger charge is -2.25. The Morgan fingerprint density at radius 1 is 1.45 bits per heavy atom. The van der Waals surface area contributed by atoms with E-state index in [4.69, 9.17) is 4.74 Å². The van der Waals surface area contributed by atoms with Crippen LogP contribution in [0.25, 0.3) is 0 Å². The molecular weight excluding hydrogens is 254 g/mol. The summed E-state index contributed by atoms with van der Waals surface area (Å²) in [5.41, 5.74) is 0.535. The Morgan fingerprint density at radius 3 is 2.70 bits per heavy atom. The molecule has 1 amide bonds. The van der Waals surface area contributed by atoms with Crippen molar-refractivity contribution in [3.05, 3.63) is 30.1 Å². The highest BCUT2D eigenvalue weighted by Crippen LogP contribution is 2.09. The Morgan fingerprint density at radius 2 is 2.15 bits per heavy atom. The van der Waals surface area contributed by atoms with Gasteiger partial charge in [0.15, 0.2) is 0 Å². The molecule has 0 bridgehead atoms. The second-order valence-corrected chi connectivity index (χ2v) is 5.83. The predicted octanol–water partition coefficient (Wildman–Crippen LogP) is 2.60. The van der Waals surface area contributed by atoms with Crippen LogP contribution in [0.5, 0.6) is 0 Å². The van der Waals surface area contributed by atoms with Crippen molar-refractivity contribution in [1.82, 2.24) is 15.2 Å². The van der Waals surface area contributed by atoms with Crippen LogP contribution in [-0.4, -0.2) is 41.7 Å². The smallest absolute Gasteiger partial charge is 0.410 e. The van der Waals surface area contributed by atoms with Crippen LogP contribution in [-0.2, 0) is 4.74 Å². The van der Waals surface area contributed by atoms with Crippen LogP contribution in [0.15, 0.2) is 24.4 Å². The molecule has 0 aliphatic carbocycles. The van der Waals surface area contributed by atoms with E-state index in [1.807, 2.05) is 39.0 Å². The minimum atomic E-state index is -0.458. The third-order valence-corrected chi connectivity index (χ3v) is 2.73. The summed E-state index contributed by atoms with van der Waals surface area (Å²) in [6, 6.07) is 6.00. The van der Waals surface area contributed by atoms with E-state index in [-0.39, 0.29) is 12.1 Å². The lowest BCUT2D eigenvalue weighted by molar-refractivity contribution is 0.0299. The van der Waals surface area contributed by atoms with E-state index < -0.39 is 5.60 Å². The number of likely N-dealkylation sites (N-methyl/N-ethyl adjacent to an activating group) is 1. The average molecular weight is 279 g/mol. The summed E-state index contributed by atoms with van der Waals surface area (Å²) in [6.45, 7) is 8.91. The second-order valence-electron chi connectivity index (χ2n) is 5.83. The molecule has 1 aromatic heterocycles. The quantitative estimate of drug-likeness (QED) is 0.900. The Bertz CT molecular complexity index is 415. The van der Waals surface area contributed by atoms with Crippen molar-refractivity contribution >= 4 is 6.09 Å². The van der Waals surface area contributed by atoms with E-state index >= 15 is 0 Å². The molecule has 5 nitrogen and oxygen atoms in total. The normalized spacial score (nSPS) is 12.8.